The highest BCUT2D eigenvalue weighted by molar-refractivity contribution is 6.14. The summed E-state index contributed by atoms with van der Waals surface area (Å²) in [5, 5.41) is 9.70. The molecule has 12 aromatic rings. The number of benzene rings is 9. The molecule has 0 aliphatic carbocycles. The molecular weight excluding hydrogens is 669 g/mol. The van der Waals surface area contributed by atoms with E-state index in [9.17, 15) is 0 Å². The highest BCUT2D eigenvalue weighted by Crippen LogP contribution is 2.41. The molecule has 256 valence electrons. The summed E-state index contributed by atoms with van der Waals surface area (Å²) in [5.41, 5.74) is 13.7. The zero-order chi connectivity index (χ0) is 36.0. The van der Waals surface area contributed by atoms with Crippen LogP contribution in [0.3, 0.4) is 0 Å². The Labute approximate surface area is 316 Å². The second-order valence-corrected chi connectivity index (χ2v) is 14.5. The van der Waals surface area contributed by atoms with E-state index in [2.05, 4.69) is 191 Å². The second-order valence-electron chi connectivity index (χ2n) is 14.5. The number of nitrogens with zero attached hydrogens (tertiary/aromatic N) is 2. The molecule has 3 aromatic heterocycles. The first-order chi connectivity index (χ1) is 27.3. The fraction of sp³-hybridized carbons (Fsp3) is 0. The van der Waals surface area contributed by atoms with E-state index in [0.29, 0.717) is 0 Å². The van der Waals surface area contributed by atoms with Gasteiger partial charge in [0.1, 0.15) is 11.2 Å². The van der Waals surface area contributed by atoms with Gasteiger partial charge in [-0.15, -0.1) is 0 Å². The van der Waals surface area contributed by atoms with Crippen molar-refractivity contribution in [3.8, 4) is 33.6 Å². The summed E-state index contributed by atoms with van der Waals surface area (Å²) in [4.78, 5) is 0. The van der Waals surface area contributed by atoms with Gasteiger partial charge in [0.15, 0.2) is 0 Å². The molecule has 9 aromatic carbocycles. The number of furan rings is 1. The van der Waals surface area contributed by atoms with Gasteiger partial charge in [-0.3, -0.25) is 0 Å². The molecule has 0 unspecified atom stereocenters. The minimum Gasteiger partial charge on any atom is -0.456 e. The third-order valence-corrected chi connectivity index (χ3v) is 11.5. The molecule has 0 fully saturated rings. The lowest BCUT2D eigenvalue weighted by atomic mass is 9.96. The highest BCUT2D eigenvalue weighted by Gasteiger charge is 2.18. The average Bonchev–Trinajstić information content (AvgIpc) is 3.90. The lowest BCUT2D eigenvalue weighted by molar-refractivity contribution is 0.669. The van der Waals surface area contributed by atoms with Gasteiger partial charge in [0.25, 0.3) is 0 Å². The summed E-state index contributed by atoms with van der Waals surface area (Å²) < 4.78 is 11.1. The number of hydrogen-bond donors (Lipinski definition) is 0. The zero-order valence-corrected chi connectivity index (χ0v) is 29.8. The highest BCUT2D eigenvalue weighted by atomic mass is 16.3. The Morgan fingerprint density at radius 3 is 1.69 bits per heavy atom. The predicted octanol–water partition coefficient (Wildman–Crippen LogP) is 14.3. The monoisotopic (exact) mass is 700 g/mol. The Balaban J connectivity index is 1.03. The Morgan fingerprint density at radius 2 is 0.855 bits per heavy atom. The topological polar surface area (TPSA) is 23.0 Å². The smallest absolute Gasteiger partial charge is 0.136 e. The Hall–Kier alpha value is -7.36. The number of rotatable bonds is 4. The normalized spacial score (nSPS) is 12.0. The summed E-state index contributed by atoms with van der Waals surface area (Å²) >= 11 is 0. The average molecular weight is 701 g/mol. The predicted molar refractivity (Wildman–Crippen MR) is 231 cm³/mol. The molecule has 3 heterocycles. The number of aromatic nitrogens is 2. The third kappa shape index (κ3) is 4.44. The third-order valence-electron chi connectivity index (χ3n) is 11.5. The second kappa shape index (κ2) is 11.6. The van der Waals surface area contributed by atoms with Crippen LogP contribution in [-0.2, 0) is 0 Å². The maximum atomic E-state index is 6.30. The molecule has 0 spiro atoms. The fourth-order valence-corrected chi connectivity index (χ4v) is 9.04. The van der Waals surface area contributed by atoms with Gasteiger partial charge in [0, 0.05) is 43.4 Å². The summed E-state index contributed by atoms with van der Waals surface area (Å²) in [7, 11) is 0. The van der Waals surface area contributed by atoms with E-state index in [4.69, 9.17) is 4.42 Å². The van der Waals surface area contributed by atoms with Crippen LogP contribution in [0.1, 0.15) is 0 Å². The van der Waals surface area contributed by atoms with Crippen LogP contribution in [0.25, 0.3) is 110 Å². The maximum absolute atomic E-state index is 6.30. The summed E-state index contributed by atoms with van der Waals surface area (Å²) in [6.45, 7) is 0. The lowest BCUT2D eigenvalue weighted by Crippen LogP contribution is -1.96. The molecule has 0 aliphatic rings. The quantitative estimate of drug-likeness (QED) is 0.179. The molecule has 0 bridgehead atoms. The largest absolute Gasteiger partial charge is 0.456 e. The Morgan fingerprint density at radius 1 is 0.291 bits per heavy atom. The van der Waals surface area contributed by atoms with Crippen LogP contribution >= 0.6 is 0 Å². The van der Waals surface area contributed by atoms with Gasteiger partial charge in [-0.05, 0) is 94.4 Å². The van der Waals surface area contributed by atoms with Crippen LogP contribution in [0, 0.1) is 0 Å². The number of hydrogen-bond acceptors (Lipinski definition) is 1. The van der Waals surface area contributed by atoms with E-state index < -0.39 is 0 Å². The molecule has 0 saturated carbocycles. The van der Waals surface area contributed by atoms with Gasteiger partial charge in [-0.2, -0.15) is 0 Å². The van der Waals surface area contributed by atoms with Gasteiger partial charge >= 0.3 is 0 Å². The van der Waals surface area contributed by atoms with Crippen molar-refractivity contribution < 1.29 is 4.42 Å². The van der Waals surface area contributed by atoms with Crippen molar-refractivity contribution in [3.05, 3.63) is 194 Å². The molecule has 3 nitrogen and oxygen atoms in total. The van der Waals surface area contributed by atoms with Crippen LogP contribution in [-0.4, -0.2) is 9.13 Å². The van der Waals surface area contributed by atoms with Crippen molar-refractivity contribution >= 4 is 76.3 Å². The molecule has 0 atom stereocenters. The Kier molecular flexibility index (Phi) is 6.34. The molecule has 12 rings (SSSR count). The molecule has 55 heavy (non-hydrogen) atoms. The van der Waals surface area contributed by atoms with Crippen LogP contribution < -0.4 is 0 Å². The van der Waals surface area contributed by atoms with Crippen LogP contribution in [0.15, 0.2) is 199 Å². The zero-order valence-electron chi connectivity index (χ0n) is 29.8. The summed E-state index contributed by atoms with van der Waals surface area (Å²) in [5.74, 6) is 0. The van der Waals surface area contributed by atoms with Gasteiger partial charge in [-0.1, -0.05) is 127 Å². The van der Waals surface area contributed by atoms with E-state index in [1.165, 1.54) is 71.1 Å². The van der Waals surface area contributed by atoms with E-state index in [-0.39, 0.29) is 0 Å². The molecule has 0 N–H and O–H groups in total. The maximum Gasteiger partial charge on any atom is 0.136 e. The van der Waals surface area contributed by atoms with E-state index >= 15 is 0 Å². The first kappa shape index (κ1) is 30.1. The molecule has 0 amide bonds. The first-order valence-electron chi connectivity index (χ1n) is 18.8. The minimum absolute atomic E-state index is 0.908. The minimum atomic E-state index is 0.908. The van der Waals surface area contributed by atoms with Crippen molar-refractivity contribution in [3.63, 3.8) is 0 Å². The van der Waals surface area contributed by atoms with Crippen molar-refractivity contribution in [1.29, 1.82) is 0 Å². The van der Waals surface area contributed by atoms with E-state index in [1.54, 1.807) is 0 Å². The first-order valence-corrected chi connectivity index (χ1v) is 18.8. The van der Waals surface area contributed by atoms with Crippen LogP contribution in [0.5, 0.6) is 0 Å². The van der Waals surface area contributed by atoms with Crippen molar-refractivity contribution in [2.24, 2.45) is 0 Å². The summed E-state index contributed by atoms with van der Waals surface area (Å²) in [6.07, 6.45) is 0. The molecule has 0 saturated heterocycles. The van der Waals surface area contributed by atoms with Crippen LogP contribution in [0.4, 0.5) is 0 Å². The Bertz CT molecular complexity index is 3490. The summed E-state index contributed by atoms with van der Waals surface area (Å²) in [6, 6.07) is 70.3. The van der Waals surface area contributed by atoms with E-state index in [1.807, 2.05) is 12.1 Å². The van der Waals surface area contributed by atoms with Crippen LogP contribution in [0.2, 0.25) is 0 Å². The fourth-order valence-electron chi connectivity index (χ4n) is 9.04. The van der Waals surface area contributed by atoms with Gasteiger partial charge < -0.3 is 13.6 Å². The molecular formula is C52H32N2O. The lowest BCUT2D eigenvalue weighted by Gasteiger charge is -2.15. The number of fused-ring (bicyclic) bond motifs is 10. The SMILES string of the molecule is c1ccc(-n2c3ccccc3c3ccc(-c4ccc5c(c4)c4ccccc4n5-c4ccc(-c5ccc6c(c5)oc5ccccc56)c5ccccc45)cc32)cc1. The van der Waals surface area contributed by atoms with Crippen molar-refractivity contribution in [2.45, 2.75) is 0 Å². The standard InChI is InChI=1S/C52H32N2O/c1-2-12-36(13-3-1)53-46-19-9-6-16-40(46)42-25-22-34(31-50(42)53)33-24-28-49-45(30-33)41-17-7-10-20-47(41)54(49)48-29-27-37(38-14-4-5-15-39(38)48)35-23-26-44-43-18-8-11-21-51(43)55-52(44)32-35/h1-32H. The van der Waals surface area contributed by atoms with Crippen molar-refractivity contribution in [2.75, 3.05) is 0 Å². The molecule has 3 heteroatoms. The van der Waals surface area contributed by atoms with Gasteiger partial charge in [0.05, 0.1) is 27.8 Å². The molecule has 0 aliphatic heterocycles. The number of para-hydroxylation sites is 4. The molecule has 0 radical (unpaired) electrons. The van der Waals surface area contributed by atoms with Gasteiger partial charge in [0.2, 0.25) is 0 Å². The van der Waals surface area contributed by atoms with E-state index in [0.717, 1.165) is 38.9 Å². The van der Waals surface area contributed by atoms with Crippen molar-refractivity contribution in [1.82, 2.24) is 9.13 Å². The van der Waals surface area contributed by atoms with Gasteiger partial charge in [-0.25, -0.2) is 0 Å².